The van der Waals surface area contributed by atoms with Crippen LogP contribution in [0.25, 0.3) is 0 Å². The first-order valence-electron chi connectivity index (χ1n) is 9.48. The molecule has 1 heterocycles. The minimum absolute atomic E-state index is 0.502. The first kappa shape index (κ1) is 18.0. The Bertz CT molecular complexity index is 206. The average molecular weight is 282 g/mol. The van der Waals surface area contributed by atoms with Gasteiger partial charge in [0.25, 0.3) is 0 Å². The molecule has 0 aromatic rings. The predicted octanol–water partition coefficient (Wildman–Crippen LogP) is 6.17. The van der Waals surface area contributed by atoms with Gasteiger partial charge in [0.05, 0.1) is 0 Å². The van der Waals surface area contributed by atoms with E-state index in [1.165, 1.54) is 96.6 Å². The summed E-state index contributed by atoms with van der Waals surface area (Å²) < 4.78 is 0. The second-order valence-electron chi connectivity index (χ2n) is 7.17. The molecule has 0 unspecified atom stereocenters. The van der Waals surface area contributed by atoms with Crippen LogP contribution < -0.4 is 0 Å². The van der Waals surface area contributed by atoms with Gasteiger partial charge in [0.15, 0.2) is 0 Å². The molecule has 0 bridgehead atoms. The van der Waals surface area contributed by atoms with Gasteiger partial charge < -0.3 is 0 Å². The Morgan fingerprint density at radius 2 is 1.20 bits per heavy atom. The summed E-state index contributed by atoms with van der Waals surface area (Å²) in [5.41, 5.74) is 0.502. The lowest BCUT2D eigenvalue weighted by molar-refractivity contribution is 0.0607. The zero-order chi connectivity index (χ0) is 14.7. The zero-order valence-corrected chi connectivity index (χ0v) is 14.6. The van der Waals surface area contributed by atoms with Gasteiger partial charge in [0, 0.05) is 5.54 Å². The molecule has 1 nitrogen and oxygen atoms in total. The maximum Gasteiger partial charge on any atom is 0.0181 e. The van der Waals surface area contributed by atoms with Gasteiger partial charge in [0.1, 0.15) is 0 Å². The van der Waals surface area contributed by atoms with Gasteiger partial charge in [-0.15, -0.1) is 0 Å². The largest absolute Gasteiger partial charge is 0.298 e. The SMILES string of the molecule is CCCCCCC(C)(CCCCCC)N1CCCCC1. The van der Waals surface area contributed by atoms with Crippen molar-refractivity contribution in [3.05, 3.63) is 0 Å². The van der Waals surface area contributed by atoms with Crippen LogP contribution in [0.2, 0.25) is 0 Å². The van der Waals surface area contributed by atoms with Crippen LogP contribution in [-0.2, 0) is 0 Å². The highest BCUT2D eigenvalue weighted by Crippen LogP contribution is 2.31. The highest BCUT2D eigenvalue weighted by molar-refractivity contribution is 4.87. The Balaban J connectivity index is 2.42. The van der Waals surface area contributed by atoms with E-state index in [0.29, 0.717) is 5.54 Å². The molecular formula is C19H39N. The average Bonchev–Trinajstić information content (AvgIpc) is 2.49. The van der Waals surface area contributed by atoms with Crippen molar-refractivity contribution in [2.24, 2.45) is 0 Å². The molecule has 1 heteroatoms. The molecule has 0 aromatic carbocycles. The lowest BCUT2D eigenvalue weighted by atomic mass is 9.85. The molecule has 20 heavy (non-hydrogen) atoms. The third-order valence-corrected chi connectivity index (χ3v) is 5.26. The standard InChI is InChI=1S/C19H39N/c1-4-6-8-11-15-19(3,16-12-9-7-5-2)20-17-13-10-14-18-20/h4-18H2,1-3H3. The second-order valence-corrected chi connectivity index (χ2v) is 7.17. The minimum atomic E-state index is 0.502. The van der Waals surface area contributed by atoms with Crippen LogP contribution in [0.15, 0.2) is 0 Å². The van der Waals surface area contributed by atoms with Crippen molar-refractivity contribution < 1.29 is 0 Å². The second kappa shape index (κ2) is 10.7. The van der Waals surface area contributed by atoms with E-state index < -0.39 is 0 Å². The van der Waals surface area contributed by atoms with Crippen LogP contribution >= 0.6 is 0 Å². The summed E-state index contributed by atoms with van der Waals surface area (Å²) in [5, 5.41) is 0. The molecule has 1 aliphatic rings. The summed E-state index contributed by atoms with van der Waals surface area (Å²) in [5.74, 6) is 0. The summed E-state index contributed by atoms with van der Waals surface area (Å²) in [6.07, 6.45) is 18.5. The molecule has 0 radical (unpaired) electrons. The van der Waals surface area contributed by atoms with Crippen LogP contribution in [-0.4, -0.2) is 23.5 Å². The van der Waals surface area contributed by atoms with E-state index in [1.807, 2.05) is 0 Å². The summed E-state index contributed by atoms with van der Waals surface area (Å²) in [4.78, 5) is 2.84. The molecule has 0 N–H and O–H groups in total. The fourth-order valence-electron chi connectivity index (χ4n) is 3.74. The molecule has 120 valence electrons. The Morgan fingerprint density at radius 1 is 0.700 bits per heavy atom. The number of hydrogen-bond acceptors (Lipinski definition) is 1. The molecule has 0 spiro atoms. The highest BCUT2D eigenvalue weighted by Gasteiger charge is 2.31. The van der Waals surface area contributed by atoms with E-state index in [1.54, 1.807) is 0 Å². The third kappa shape index (κ3) is 6.61. The Labute approximate surface area is 128 Å². The van der Waals surface area contributed by atoms with E-state index in [0.717, 1.165) is 0 Å². The highest BCUT2D eigenvalue weighted by atomic mass is 15.2. The molecule has 0 saturated carbocycles. The Hall–Kier alpha value is -0.0400. The number of unbranched alkanes of at least 4 members (excludes halogenated alkanes) is 6. The molecule has 1 saturated heterocycles. The Kier molecular flexibility index (Phi) is 9.59. The fraction of sp³-hybridized carbons (Fsp3) is 1.00. The molecule has 0 amide bonds. The smallest absolute Gasteiger partial charge is 0.0181 e. The van der Waals surface area contributed by atoms with Gasteiger partial charge in [-0.25, -0.2) is 0 Å². The quantitative estimate of drug-likeness (QED) is 0.409. The van der Waals surface area contributed by atoms with Gasteiger partial charge in [-0.2, -0.15) is 0 Å². The van der Waals surface area contributed by atoms with Crippen LogP contribution in [0.4, 0.5) is 0 Å². The van der Waals surface area contributed by atoms with Crippen molar-refractivity contribution in [2.45, 2.75) is 110 Å². The van der Waals surface area contributed by atoms with E-state index >= 15 is 0 Å². The van der Waals surface area contributed by atoms with Crippen molar-refractivity contribution >= 4 is 0 Å². The van der Waals surface area contributed by atoms with Gasteiger partial charge >= 0.3 is 0 Å². The number of rotatable bonds is 11. The normalized spacial score (nSPS) is 17.6. The zero-order valence-electron chi connectivity index (χ0n) is 14.6. The molecular weight excluding hydrogens is 242 g/mol. The maximum atomic E-state index is 2.84. The van der Waals surface area contributed by atoms with Gasteiger partial charge in [-0.05, 0) is 45.7 Å². The van der Waals surface area contributed by atoms with Crippen molar-refractivity contribution in [1.82, 2.24) is 4.90 Å². The number of piperidine rings is 1. The molecule has 0 atom stereocenters. The summed E-state index contributed by atoms with van der Waals surface area (Å²) in [6, 6.07) is 0. The van der Waals surface area contributed by atoms with Gasteiger partial charge in [-0.1, -0.05) is 71.6 Å². The molecule has 1 aliphatic heterocycles. The third-order valence-electron chi connectivity index (χ3n) is 5.26. The first-order valence-corrected chi connectivity index (χ1v) is 9.48. The van der Waals surface area contributed by atoms with E-state index in [4.69, 9.17) is 0 Å². The molecule has 0 aliphatic carbocycles. The maximum absolute atomic E-state index is 2.84. The van der Waals surface area contributed by atoms with Crippen LogP contribution in [0.1, 0.15) is 104 Å². The first-order chi connectivity index (χ1) is 9.73. The van der Waals surface area contributed by atoms with Crippen molar-refractivity contribution in [3.63, 3.8) is 0 Å². The van der Waals surface area contributed by atoms with Crippen LogP contribution in [0.5, 0.6) is 0 Å². The number of likely N-dealkylation sites (tertiary alicyclic amines) is 1. The molecule has 0 aromatic heterocycles. The molecule has 1 rings (SSSR count). The summed E-state index contributed by atoms with van der Waals surface area (Å²) >= 11 is 0. The topological polar surface area (TPSA) is 3.24 Å². The van der Waals surface area contributed by atoms with Crippen LogP contribution in [0.3, 0.4) is 0 Å². The van der Waals surface area contributed by atoms with Crippen molar-refractivity contribution in [1.29, 1.82) is 0 Å². The number of nitrogens with zero attached hydrogens (tertiary/aromatic N) is 1. The number of hydrogen-bond donors (Lipinski definition) is 0. The summed E-state index contributed by atoms with van der Waals surface area (Å²) in [6.45, 7) is 9.91. The monoisotopic (exact) mass is 281 g/mol. The Morgan fingerprint density at radius 3 is 1.65 bits per heavy atom. The van der Waals surface area contributed by atoms with Crippen molar-refractivity contribution in [3.8, 4) is 0 Å². The minimum Gasteiger partial charge on any atom is -0.298 e. The summed E-state index contributed by atoms with van der Waals surface area (Å²) in [7, 11) is 0. The van der Waals surface area contributed by atoms with Crippen molar-refractivity contribution in [2.75, 3.05) is 13.1 Å². The van der Waals surface area contributed by atoms with E-state index in [-0.39, 0.29) is 0 Å². The lowest BCUT2D eigenvalue weighted by Crippen LogP contribution is -2.48. The lowest BCUT2D eigenvalue weighted by Gasteiger charge is -2.44. The molecule has 1 fully saturated rings. The van der Waals surface area contributed by atoms with E-state index in [2.05, 4.69) is 25.7 Å². The van der Waals surface area contributed by atoms with Gasteiger partial charge in [0.2, 0.25) is 0 Å². The van der Waals surface area contributed by atoms with E-state index in [9.17, 15) is 0 Å². The van der Waals surface area contributed by atoms with Crippen LogP contribution in [0, 0.1) is 0 Å². The predicted molar refractivity (Wildman–Crippen MR) is 91.3 cm³/mol. The fourth-order valence-corrected chi connectivity index (χ4v) is 3.74. The van der Waals surface area contributed by atoms with Gasteiger partial charge in [-0.3, -0.25) is 4.90 Å².